The van der Waals surface area contributed by atoms with Crippen molar-refractivity contribution in [3.05, 3.63) is 59.2 Å². The summed E-state index contributed by atoms with van der Waals surface area (Å²) in [6.07, 6.45) is 4.68. The molecule has 9 heteroatoms. The molecule has 0 N–H and O–H groups in total. The first-order valence-electron chi connectivity index (χ1n) is 10.6. The molecule has 2 atom stereocenters. The topological polar surface area (TPSA) is 73.7 Å². The minimum Gasteiger partial charge on any atom is -0.468 e. The lowest BCUT2D eigenvalue weighted by Crippen LogP contribution is -2.42. The molecule has 0 radical (unpaired) electrons. The molecule has 0 bridgehead atoms. The Morgan fingerprint density at radius 3 is 2.84 bits per heavy atom. The summed E-state index contributed by atoms with van der Waals surface area (Å²) >= 11 is 4.70. The van der Waals surface area contributed by atoms with Crippen molar-refractivity contribution >= 4 is 30.6 Å². The fourth-order valence-corrected chi connectivity index (χ4v) is 4.02. The maximum absolute atomic E-state index is 14.5. The van der Waals surface area contributed by atoms with Gasteiger partial charge in [-0.1, -0.05) is 18.2 Å². The Labute approximate surface area is 192 Å². The maximum atomic E-state index is 14.5. The van der Waals surface area contributed by atoms with E-state index in [1.54, 1.807) is 36.0 Å². The normalized spacial score (nSPS) is 19.0. The van der Waals surface area contributed by atoms with E-state index in [2.05, 4.69) is 5.10 Å². The first-order chi connectivity index (χ1) is 15.4. The molecule has 7 nitrogen and oxygen atoms in total. The average Bonchev–Trinajstić information content (AvgIpc) is 3.23. The fourth-order valence-electron chi connectivity index (χ4n) is 3.74. The van der Waals surface area contributed by atoms with Gasteiger partial charge in [-0.2, -0.15) is 17.7 Å². The van der Waals surface area contributed by atoms with E-state index in [0.29, 0.717) is 38.2 Å². The zero-order valence-corrected chi connectivity index (χ0v) is 19.1. The van der Waals surface area contributed by atoms with Gasteiger partial charge in [-0.15, -0.1) is 0 Å². The summed E-state index contributed by atoms with van der Waals surface area (Å²) in [6, 6.07) is 7.27. The summed E-state index contributed by atoms with van der Waals surface area (Å²) in [5, 5.41) is 4.49. The monoisotopic (exact) mass is 461 g/mol. The molecular weight excluding hydrogens is 433 g/mol. The molecule has 1 unspecified atom stereocenters. The minimum absolute atomic E-state index is 0.00477. The van der Waals surface area contributed by atoms with E-state index < -0.39 is 17.8 Å². The summed E-state index contributed by atoms with van der Waals surface area (Å²) in [7, 11) is 1.31. The number of thiol groups is 1. The molecule has 32 heavy (non-hydrogen) atoms. The number of rotatable bonds is 8. The number of aryl methyl sites for hydroxylation is 1. The van der Waals surface area contributed by atoms with Crippen LogP contribution in [0.25, 0.3) is 6.08 Å². The highest BCUT2D eigenvalue weighted by Crippen LogP contribution is 2.31. The molecule has 1 fully saturated rings. The standard InChI is InChI=1S/C23H28FN3O4S/c1-3-31-21(28)10-13-27-12-8-17(25-27)14-16-15-26(11-9-20(16)32)22(23(29)30-2)18-6-4-5-7-19(18)24/h4-8,12,14,20,22,32H,3,9-11,13,15H2,1-2H3/t20-,22?/m1/s1. The van der Waals surface area contributed by atoms with Crippen LogP contribution in [-0.4, -0.2) is 58.7 Å². The number of methoxy groups -OCH3 is 1. The van der Waals surface area contributed by atoms with Crippen molar-refractivity contribution < 1.29 is 23.5 Å². The van der Waals surface area contributed by atoms with Crippen LogP contribution in [0.4, 0.5) is 4.39 Å². The minimum atomic E-state index is -0.840. The maximum Gasteiger partial charge on any atom is 0.327 e. The second-order valence-corrected chi connectivity index (χ2v) is 8.12. The second-order valence-electron chi connectivity index (χ2n) is 7.50. The number of ether oxygens (including phenoxy) is 2. The molecule has 2 heterocycles. The predicted molar refractivity (Wildman–Crippen MR) is 122 cm³/mol. The van der Waals surface area contributed by atoms with E-state index in [0.717, 1.165) is 11.3 Å². The van der Waals surface area contributed by atoms with Gasteiger partial charge in [-0.25, -0.2) is 9.18 Å². The number of hydrogen-bond acceptors (Lipinski definition) is 7. The molecule has 1 aromatic carbocycles. The van der Waals surface area contributed by atoms with Crippen LogP contribution in [0.5, 0.6) is 0 Å². The first kappa shape index (κ1) is 24.0. The van der Waals surface area contributed by atoms with Gasteiger partial charge in [0.15, 0.2) is 0 Å². The number of carbonyl (C=O) groups is 2. The summed E-state index contributed by atoms with van der Waals surface area (Å²) in [5.74, 6) is -1.21. The fraction of sp³-hybridized carbons (Fsp3) is 0.435. The number of piperidine rings is 1. The summed E-state index contributed by atoms with van der Waals surface area (Å²) < 4.78 is 26.1. The molecule has 1 saturated heterocycles. The first-order valence-corrected chi connectivity index (χ1v) is 11.1. The Morgan fingerprint density at radius 1 is 1.34 bits per heavy atom. The Balaban J connectivity index is 1.77. The average molecular weight is 462 g/mol. The van der Waals surface area contributed by atoms with Crippen LogP contribution in [0.1, 0.15) is 37.1 Å². The van der Waals surface area contributed by atoms with Crippen molar-refractivity contribution in [1.82, 2.24) is 14.7 Å². The van der Waals surface area contributed by atoms with Gasteiger partial charge >= 0.3 is 11.9 Å². The van der Waals surface area contributed by atoms with Crippen molar-refractivity contribution in [2.24, 2.45) is 0 Å². The van der Waals surface area contributed by atoms with Gasteiger partial charge in [-0.05, 0) is 37.1 Å². The van der Waals surface area contributed by atoms with Crippen LogP contribution in [0.2, 0.25) is 0 Å². The SMILES string of the molecule is CCOC(=O)CCn1ccc(C=C2CN(C(C(=O)OC)c3ccccc3F)CC[C@H]2S)n1. The van der Waals surface area contributed by atoms with Gasteiger partial charge in [-0.3, -0.25) is 14.4 Å². The number of hydrogen-bond donors (Lipinski definition) is 1. The predicted octanol–water partition coefficient (Wildman–Crippen LogP) is 3.28. The van der Waals surface area contributed by atoms with Gasteiger partial charge in [0.05, 0.1) is 32.4 Å². The number of aromatic nitrogens is 2. The number of carbonyl (C=O) groups excluding carboxylic acids is 2. The Bertz CT molecular complexity index is 978. The zero-order valence-electron chi connectivity index (χ0n) is 18.2. The van der Waals surface area contributed by atoms with E-state index in [4.69, 9.17) is 22.1 Å². The van der Waals surface area contributed by atoms with E-state index in [9.17, 15) is 14.0 Å². The van der Waals surface area contributed by atoms with E-state index >= 15 is 0 Å². The van der Waals surface area contributed by atoms with Crippen molar-refractivity contribution in [3.8, 4) is 0 Å². The zero-order chi connectivity index (χ0) is 23.1. The van der Waals surface area contributed by atoms with Crippen molar-refractivity contribution in [2.45, 2.75) is 37.6 Å². The molecular formula is C23H28FN3O4S. The van der Waals surface area contributed by atoms with E-state index in [-0.39, 0.29) is 17.6 Å². The summed E-state index contributed by atoms with van der Waals surface area (Å²) in [4.78, 5) is 26.0. The number of likely N-dealkylation sites (tertiary alicyclic amines) is 1. The molecule has 0 spiro atoms. The van der Waals surface area contributed by atoms with Crippen LogP contribution in [-0.2, 0) is 25.6 Å². The van der Waals surface area contributed by atoms with Crippen LogP contribution < -0.4 is 0 Å². The van der Waals surface area contributed by atoms with Crippen LogP contribution in [0, 0.1) is 5.82 Å². The molecule has 0 saturated carbocycles. The van der Waals surface area contributed by atoms with Gasteiger partial charge < -0.3 is 9.47 Å². The van der Waals surface area contributed by atoms with Crippen molar-refractivity contribution in [3.63, 3.8) is 0 Å². The van der Waals surface area contributed by atoms with Gasteiger partial charge in [0.1, 0.15) is 11.9 Å². The molecule has 1 aromatic heterocycles. The highest BCUT2D eigenvalue weighted by Gasteiger charge is 2.34. The third kappa shape index (κ3) is 5.98. The quantitative estimate of drug-likeness (QED) is 0.481. The third-order valence-electron chi connectivity index (χ3n) is 5.34. The highest BCUT2D eigenvalue weighted by atomic mass is 32.1. The summed E-state index contributed by atoms with van der Waals surface area (Å²) in [5.41, 5.74) is 1.99. The highest BCUT2D eigenvalue weighted by molar-refractivity contribution is 7.81. The number of nitrogens with zero attached hydrogens (tertiary/aromatic N) is 3. The Kier molecular flexibility index (Phi) is 8.46. The van der Waals surface area contributed by atoms with E-state index in [1.165, 1.54) is 13.2 Å². The van der Waals surface area contributed by atoms with Crippen LogP contribution in [0.3, 0.4) is 0 Å². The lowest BCUT2D eigenvalue weighted by Gasteiger charge is -2.36. The number of halogens is 1. The lowest BCUT2D eigenvalue weighted by atomic mass is 9.97. The number of esters is 2. The van der Waals surface area contributed by atoms with Gasteiger partial charge in [0.25, 0.3) is 0 Å². The summed E-state index contributed by atoms with van der Waals surface area (Å²) in [6.45, 7) is 3.56. The molecule has 0 aliphatic carbocycles. The lowest BCUT2D eigenvalue weighted by molar-refractivity contribution is -0.147. The molecule has 0 amide bonds. The number of benzene rings is 1. The Morgan fingerprint density at radius 2 is 2.12 bits per heavy atom. The van der Waals surface area contributed by atoms with Crippen molar-refractivity contribution in [2.75, 3.05) is 26.8 Å². The molecule has 1 aliphatic heterocycles. The van der Waals surface area contributed by atoms with Crippen molar-refractivity contribution in [1.29, 1.82) is 0 Å². The van der Waals surface area contributed by atoms with Crippen LogP contribution >= 0.6 is 12.6 Å². The third-order valence-corrected chi connectivity index (χ3v) is 5.93. The largest absolute Gasteiger partial charge is 0.468 e. The molecule has 1 aliphatic rings. The van der Waals surface area contributed by atoms with Gasteiger partial charge in [0, 0.05) is 30.1 Å². The Hall–Kier alpha value is -2.65. The smallest absolute Gasteiger partial charge is 0.327 e. The van der Waals surface area contributed by atoms with E-state index in [1.807, 2.05) is 17.0 Å². The molecule has 3 rings (SSSR count). The van der Waals surface area contributed by atoms with Crippen LogP contribution in [0.15, 0.2) is 42.1 Å². The second kappa shape index (κ2) is 11.3. The molecule has 172 valence electrons. The van der Waals surface area contributed by atoms with Gasteiger partial charge in [0.2, 0.25) is 0 Å². The molecule has 2 aromatic rings.